The molecule has 0 spiro atoms. The van der Waals surface area contributed by atoms with Crippen molar-refractivity contribution in [2.45, 2.75) is 38.5 Å². The molecule has 6 nitrogen and oxygen atoms in total. The van der Waals surface area contributed by atoms with Gasteiger partial charge in [0.1, 0.15) is 0 Å². The van der Waals surface area contributed by atoms with Crippen LogP contribution >= 0.6 is 0 Å². The highest BCUT2D eigenvalue weighted by molar-refractivity contribution is 7.92. The summed E-state index contributed by atoms with van der Waals surface area (Å²) in [6.45, 7) is 7.01. The Hall–Kier alpha value is -1.47. The molecular formula is C20H31N3O3S. The van der Waals surface area contributed by atoms with E-state index in [2.05, 4.69) is 23.7 Å². The highest BCUT2D eigenvalue weighted by Crippen LogP contribution is 2.38. The zero-order valence-electron chi connectivity index (χ0n) is 16.5. The van der Waals surface area contributed by atoms with Crippen molar-refractivity contribution in [3.8, 4) is 0 Å². The number of hydrogen-bond donors (Lipinski definition) is 0. The largest absolute Gasteiger partial charge is 0.340 e. The van der Waals surface area contributed by atoms with E-state index in [4.69, 9.17) is 0 Å². The van der Waals surface area contributed by atoms with Crippen molar-refractivity contribution in [1.29, 1.82) is 0 Å². The van der Waals surface area contributed by atoms with Crippen LogP contribution in [0.15, 0.2) is 24.4 Å². The van der Waals surface area contributed by atoms with Gasteiger partial charge in [-0.25, -0.2) is 8.42 Å². The first kappa shape index (κ1) is 20.3. The molecule has 0 bridgehead atoms. The van der Waals surface area contributed by atoms with Gasteiger partial charge in [-0.2, -0.15) is 0 Å². The number of carbonyl (C=O) groups is 1. The van der Waals surface area contributed by atoms with Crippen LogP contribution in [0.1, 0.15) is 32.4 Å². The number of hydrogen-bond acceptors (Lipinski definition) is 5. The Labute approximate surface area is 162 Å². The minimum absolute atomic E-state index is 0.0521. The molecule has 2 saturated heterocycles. The number of sulfone groups is 1. The third-order valence-electron chi connectivity index (χ3n) is 5.92. The number of pyridine rings is 1. The average Bonchev–Trinajstić information content (AvgIpc) is 3.06. The molecule has 27 heavy (non-hydrogen) atoms. The lowest BCUT2D eigenvalue weighted by Gasteiger charge is -2.34. The molecule has 150 valence electrons. The van der Waals surface area contributed by atoms with E-state index >= 15 is 0 Å². The monoisotopic (exact) mass is 393 g/mol. The summed E-state index contributed by atoms with van der Waals surface area (Å²) in [6, 6.07) is 5.67. The maximum absolute atomic E-state index is 13.1. The third-order valence-corrected chi connectivity index (χ3v) is 8.14. The summed E-state index contributed by atoms with van der Waals surface area (Å²) in [5.74, 6) is 0.466. The second-order valence-corrected chi connectivity index (χ2v) is 10.8. The van der Waals surface area contributed by atoms with Gasteiger partial charge in [-0.3, -0.25) is 9.78 Å². The number of likely N-dealkylation sites (tertiary alicyclic amines) is 1. The zero-order valence-corrected chi connectivity index (χ0v) is 17.4. The number of amides is 1. The highest BCUT2D eigenvalue weighted by Gasteiger charge is 2.50. The van der Waals surface area contributed by atoms with Crippen molar-refractivity contribution in [3.63, 3.8) is 0 Å². The minimum atomic E-state index is -3.11. The second kappa shape index (κ2) is 8.27. The topological polar surface area (TPSA) is 70.6 Å². The van der Waals surface area contributed by atoms with Crippen LogP contribution in [0.2, 0.25) is 0 Å². The fraction of sp³-hybridized carbons (Fsp3) is 0.700. The molecule has 1 aromatic rings. The summed E-state index contributed by atoms with van der Waals surface area (Å²) in [5, 5.41) is -0.393. The molecule has 3 rings (SSSR count). The Balaban J connectivity index is 1.70. The summed E-state index contributed by atoms with van der Waals surface area (Å²) in [4.78, 5) is 21.4. The van der Waals surface area contributed by atoms with Crippen LogP contribution in [0.3, 0.4) is 0 Å². The quantitative estimate of drug-likeness (QED) is 0.737. The van der Waals surface area contributed by atoms with Gasteiger partial charge in [0.15, 0.2) is 9.84 Å². The smallest absolute Gasteiger partial charge is 0.226 e. The van der Waals surface area contributed by atoms with E-state index in [0.29, 0.717) is 32.0 Å². The Bertz CT molecular complexity index is 751. The summed E-state index contributed by atoms with van der Waals surface area (Å²) in [7, 11) is -1.32. The summed E-state index contributed by atoms with van der Waals surface area (Å²) in [6.07, 6.45) is 3.21. The van der Waals surface area contributed by atoms with Crippen LogP contribution in [0.4, 0.5) is 0 Å². The standard InChI is InChI=1S/C20H31N3O3S/c1-15(2)7-10-23-13-18-17(8-11-27(25,26)19(18)14-23)20(24)22(3)12-16-6-4-5-9-21-16/h4-6,9,15,17-19H,7-8,10-14H2,1-3H3/t17-,18-,19-/m1/s1. The van der Waals surface area contributed by atoms with Gasteiger partial charge >= 0.3 is 0 Å². The van der Waals surface area contributed by atoms with Crippen LogP contribution in [-0.2, 0) is 21.2 Å². The summed E-state index contributed by atoms with van der Waals surface area (Å²) < 4.78 is 25.2. The first-order valence-electron chi connectivity index (χ1n) is 9.86. The van der Waals surface area contributed by atoms with Gasteiger partial charge in [0.2, 0.25) is 5.91 Å². The van der Waals surface area contributed by atoms with Gasteiger partial charge in [0.25, 0.3) is 0 Å². The molecule has 0 N–H and O–H groups in total. The SMILES string of the molecule is CC(C)CCN1C[C@H]2[C@@H](C1)S(=O)(=O)CC[C@H]2C(=O)N(C)Cc1ccccn1. The molecular weight excluding hydrogens is 362 g/mol. The predicted molar refractivity (Wildman–Crippen MR) is 106 cm³/mol. The number of nitrogens with zero attached hydrogens (tertiary/aromatic N) is 3. The summed E-state index contributed by atoms with van der Waals surface area (Å²) >= 11 is 0. The van der Waals surface area contributed by atoms with E-state index in [1.165, 1.54) is 0 Å². The van der Waals surface area contributed by atoms with Gasteiger partial charge in [-0.15, -0.1) is 0 Å². The number of carbonyl (C=O) groups excluding carboxylic acids is 1. The lowest BCUT2D eigenvalue weighted by molar-refractivity contribution is -0.136. The second-order valence-electron chi connectivity index (χ2n) is 8.42. The van der Waals surface area contributed by atoms with Crippen LogP contribution in [0, 0.1) is 17.8 Å². The maximum Gasteiger partial charge on any atom is 0.226 e. The molecule has 0 radical (unpaired) electrons. The lowest BCUT2D eigenvalue weighted by atomic mass is 9.87. The van der Waals surface area contributed by atoms with Crippen molar-refractivity contribution in [1.82, 2.24) is 14.8 Å². The van der Waals surface area contributed by atoms with E-state index in [1.54, 1.807) is 18.1 Å². The van der Waals surface area contributed by atoms with Gasteiger partial charge in [-0.05, 0) is 37.4 Å². The fourth-order valence-electron chi connectivity index (χ4n) is 4.33. The molecule has 0 saturated carbocycles. The van der Waals surface area contributed by atoms with E-state index in [0.717, 1.165) is 18.7 Å². The average molecular weight is 394 g/mol. The molecule has 1 aromatic heterocycles. The first-order chi connectivity index (χ1) is 12.8. The van der Waals surface area contributed by atoms with Crippen molar-refractivity contribution < 1.29 is 13.2 Å². The highest BCUT2D eigenvalue weighted by atomic mass is 32.2. The number of fused-ring (bicyclic) bond motifs is 1. The normalized spacial score (nSPS) is 27.5. The molecule has 2 aliphatic heterocycles. The van der Waals surface area contributed by atoms with Crippen LogP contribution in [0.25, 0.3) is 0 Å². The van der Waals surface area contributed by atoms with E-state index in [9.17, 15) is 13.2 Å². The minimum Gasteiger partial charge on any atom is -0.340 e. The molecule has 0 unspecified atom stereocenters. The Morgan fingerprint density at radius 3 is 2.78 bits per heavy atom. The molecule has 3 atom stereocenters. The van der Waals surface area contributed by atoms with Crippen LogP contribution < -0.4 is 0 Å². The molecule has 7 heteroatoms. The summed E-state index contributed by atoms with van der Waals surface area (Å²) in [5.41, 5.74) is 0.846. The van der Waals surface area contributed by atoms with Crippen molar-refractivity contribution >= 4 is 15.7 Å². The van der Waals surface area contributed by atoms with Crippen molar-refractivity contribution in [2.24, 2.45) is 17.8 Å². The van der Waals surface area contributed by atoms with E-state index in [-0.39, 0.29) is 23.5 Å². The zero-order chi connectivity index (χ0) is 19.6. The third kappa shape index (κ3) is 4.69. The van der Waals surface area contributed by atoms with Crippen molar-refractivity contribution in [3.05, 3.63) is 30.1 Å². The molecule has 0 aliphatic carbocycles. The number of aromatic nitrogens is 1. The molecule has 3 heterocycles. The molecule has 0 aromatic carbocycles. The predicted octanol–water partition coefficient (Wildman–Crippen LogP) is 1.82. The molecule has 2 fully saturated rings. The maximum atomic E-state index is 13.1. The fourth-order valence-corrected chi connectivity index (χ4v) is 6.46. The van der Waals surface area contributed by atoms with Crippen LogP contribution in [0.5, 0.6) is 0 Å². The Morgan fingerprint density at radius 2 is 2.11 bits per heavy atom. The molecule has 1 amide bonds. The van der Waals surface area contributed by atoms with Gasteiger partial charge < -0.3 is 9.80 Å². The number of rotatable bonds is 6. The van der Waals surface area contributed by atoms with E-state index in [1.807, 2.05) is 18.2 Å². The Kier molecular flexibility index (Phi) is 6.21. The molecule has 2 aliphatic rings. The van der Waals surface area contributed by atoms with Gasteiger partial charge in [0.05, 0.1) is 23.2 Å². The van der Waals surface area contributed by atoms with Crippen LogP contribution in [-0.4, -0.2) is 66.8 Å². The Morgan fingerprint density at radius 1 is 1.33 bits per heavy atom. The van der Waals surface area contributed by atoms with Crippen molar-refractivity contribution in [2.75, 3.05) is 32.4 Å². The van der Waals surface area contributed by atoms with Gasteiger partial charge in [0, 0.05) is 38.2 Å². The first-order valence-corrected chi connectivity index (χ1v) is 11.6. The lowest BCUT2D eigenvalue weighted by Crippen LogP contribution is -2.47. The van der Waals surface area contributed by atoms with Gasteiger partial charge in [-0.1, -0.05) is 19.9 Å². The van der Waals surface area contributed by atoms with E-state index < -0.39 is 15.1 Å².